The van der Waals surface area contributed by atoms with E-state index < -0.39 is 0 Å². The van der Waals surface area contributed by atoms with Crippen LogP contribution in [0.15, 0.2) is 35.7 Å². The molecule has 5 heteroatoms. The van der Waals surface area contributed by atoms with Crippen molar-refractivity contribution in [3.8, 4) is 0 Å². The van der Waals surface area contributed by atoms with Gasteiger partial charge in [-0.3, -0.25) is 4.79 Å². The second-order valence-electron chi connectivity index (χ2n) is 2.77. The number of thiazole rings is 1. The maximum atomic E-state index is 11.7. The van der Waals surface area contributed by atoms with Gasteiger partial charge in [-0.05, 0) is 0 Å². The second kappa shape index (κ2) is 4.91. The summed E-state index contributed by atoms with van der Waals surface area (Å²) in [6.45, 7) is 0. The molecule has 3 nitrogen and oxygen atoms in total. The molecule has 0 unspecified atom stereocenters. The van der Waals surface area contributed by atoms with Gasteiger partial charge in [-0.25, -0.2) is 4.98 Å². The summed E-state index contributed by atoms with van der Waals surface area (Å²) in [5.74, 6) is -0.0847. The lowest BCUT2D eigenvalue weighted by Crippen LogP contribution is -2.01. The number of nitrogens with two attached hydrogens (primary N) is 1. The van der Waals surface area contributed by atoms with Crippen LogP contribution in [0.5, 0.6) is 0 Å². The van der Waals surface area contributed by atoms with Gasteiger partial charge in [-0.2, -0.15) is 0 Å². The minimum absolute atomic E-state index is 0. The molecule has 2 rings (SSSR count). The molecule has 1 aromatic heterocycles. The van der Waals surface area contributed by atoms with E-state index in [4.69, 9.17) is 5.73 Å². The minimum atomic E-state index is -0.0847. The average molecular weight is 241 g/mol. The highest BCUT2D eigenvalue weighted by atomic mass is 35.5. The summed E-state index contributed by atoms with van der Waals surface area (Å²) in [7, 11) is 0. The monoisotopic (exact) mass is 240 g/mol. The van der Waals surface area contributed by atoms with Crippen LogP contribution in [0.3, 0.4) is 0 Å². The van der Waals surface area contributed by atoms with E-state index in [2.05, 4.69) is 4.98 Å². The van der Waals surface area contributed by atoms with E-state index in [0.29, 0.717) is 16.4 Å². The van der Waals surface area contributed by atoms with Crippen molar-refractivity contribution in [1.29, 1.82) is 0 Å². The summed E-state index contributed by atoms with van der Waals surface area (Å²) < 4.78 is 0. The number of aromatic nitrogens is 1. The Kier molecular flexibility index (Phi) is 3.82. The first kappa shape index (κ1) is 11.7. The maximum absolute atomic E-state index is 11.7. The summed E-state index contributed by atoms with van der Waals surface area (Å²) in [6.07, 6.45) is 0. The number of nitrogen functional groups attached to an aromatic ring is 1. The van der Waals surface area contributed by atoms with Crippen LogP contribution >= 0.6 is 23.7 Å². The third-order valence-corrected chi connectivity index (χ3v) is 2.46. The largest absolute Gasteiger partial charge is 0.375 e. The first-order chi connectivity index (χ1) is 6.77. The number of hydrogen-bond donors (Lipinski definition) is 1. The molecule has 78 valence electrons. The molecule has 15 heavy (non-hydrogen) atoms. The molecule has 0 radical (unpaired) electrons. The Bertz CT molecular complexity index is 455. The Morgan fingerprint density at radius 1 is 1.27 bits per heavy atom. The van der Waals surface area contributed by atoms with Crippen molar-refractivity contribution >= 4 is 34.7 Å². The normalized spacial score (nSPS) is 9.33. The van der Waals surface area contributed by atoms with Gasteiger partial charge < -0.3 is 5.73 Å². The standard InChI is InChI=1S/C10H8N2OS.ClH/c11-10-12-8(6-14-10)9(13)7-4-2-1-3-5-7;/h1-6H,(H2,11,12);1H. The van der Waals surface area contributed by atoms with E-state index in [1.54, 1.807) is 17.5 Å². The van der Waals surface area contributed by atoms with Crippen molar-refractivity contribution in [3.05, 3.63) is 47.0 Å². The minimum Gasteiger partial charge on any atom is -0.375 e. The van der Waals surface area contributed by atoms with Gasteiger partial charge >= 0.3 is 0 Å². The Hall–Kier alpha value is -1.39. The fraction of sp³-hybridized carbons (Fsp3) is 0. The summed E-state index contributed by atoms with van der Waals surface area (Å²) in [5.41, 5.74) is 6.50. The number of carbonyl (C=O) groups is 1. The summed E-state index contributed by atoms with van der Waals surface area (Å²) in [4.78, 5) is 15.7. The van der Waals surface area contributed by atoms with Crippen LogP contribution in [0.25, 0.3) is 0 Å². The maximum Gasteiger partial charge on any atom is 0.212 e. The van der Waals surface area contributed by atoms with Crippen LogP contribution < -0.4 is 5.73 Å². The lowest BCUT2D eigenvalue weighted by Gasteiger charge is -1.95. The lowest BCUT2D eigenvalue weighted by molar-refractivity contribution is 0.103. The van der Waals surface area contributed by atoms with Crippen molar-refractivity contribution in [1.82, 2.24) is 4.98 Å². The summed E-state index contributed by atoms with van der Waals surface area (Å²) in [5, 5.41) is 2.09. The summed E-state index contributed by atoms with van der Waals surface area (Å²) >= 11 is 1.27. The number of rotatable bonds is 2. The van der Waals surface area contributed by atoms with E-state index in [0.717, 1.165) is 0 Å². The molecule has 1 aromatic carbocycles. The van der Waals surface area contributed by atoms with Crippen LogP contribution in [-0.2, 0) is 0 Å². The zero-order chi connectivity index (χ0) is 9.97. The predicted molar refractivity (Wildman–Crippen MR) is 63.6 cm³/mol. The van der Waals surface area contributed by atoms with E-state index in [-0.39, 0.29) is 18.2 Å². The number of benzene rings is 1. The third kappa shape index (κ3) is 2.55. The number of nitrogens with zero attached hydrogens (tertiary/aromatic N) is 1. The van der Waals surface area contributed by atoms with Gasteiger partial charge in [0.15, 0.2) is 5.13 Å². The molecule has 0 saturated carbocycles. The molecule has 0 amide bonds. The number of anilines is 1. The molecule has 0 spiro atoms. The van der Waals surface area contributed by atoms with Gasteiger partial charge in [-0.15, -0.1) is 23.7 Å². The molecule has 0 fully saturated rings. The number of ketones is 1. The first-order valence-corrected chi connectivity index (χ1v) is 4.96. The average Bonchev–Trinajstić information content (AvgIpc) is 2.65. The van der Waals surface area contributed by atoms with Crippen molar-refractivity contribution in [3.63, 3.8) is 0 Å². The SMILES string of the molecule is Cl.Nc1nc(C(=O)c2ccccc2)cs1. The zero-order valence-electron chi connectivity index (χ0n) is 7.71. The van der Waals surface area contributed by atoms with E-state index in [1.165, 1.54) is 11.3 Å². The molecule has 1 heterocycles. The van der Waals surface area contributed by atoms with Crippen LogP contribution in [0, 0.1) is 0 Å². The Morgan fingerprint density at radius 2 is 1.93 bits per heavy atom. The molecule has 0 atom stereocenters. The topological polar surface area (TPSA) is 56.0 Å². The number of halogens is 1. The highest BCUT2D eigenvalue weighted by molar-refractivity contribution is 7.13. The fourth-order valence-electron chi connectivity index (χ4n) is 1.13. The van der Waals surface area contributed by atoms with E-state index in [1.807, 2.05) is 18.2 Å². The van der Waals surface area contributed by atoms with Crippen LogP contribution in [0.2, 0.25) is 0 Å². The van der Waals surface area contributed by atoms with Gasteiger partial charge in [0.25, 0.3) is 0 Å². The van der Waals surface area contributed by atoms with Crippen LogP contribution in [0.1, 0.15) is 16.1 Å². The highest BCUT2D eigenvalue weighted by Crippen LogP contribution is 2.14. The number of hydrogen-bond acceptors (Lipinski definition) is 4. The van der Waals surface area contributed by atoms with Crippen LogP contribution in [0.4, 0.5) is 5.13 Å². The van der Waals surface area contributed by atoms with Crippen molar-refractivity contribution in [2.45, 2.75) is 0 Å². The quantitative estimate of drug-likeness (QED) is 0.820. The lowest BCUT2D eigenvalue weighted by atomic mass is 10.1. The molecule has 0 aliphatic rings. The smallest absolute Gasteiger partial charge is 0.212 e. The molecule has 0 bridgehead atoms. The molecule has 2 N–H and O–H groups in total. The molecular weight excluding hydrogens is 232 g/mol. The summed E-state index contributed by atoms with van der Waals surface area (Å²) in [6, 6.07) is 9.04. The first-order valence-electron chi connectivity index (χ1n) is 4.08. The predicted octanol–water partition coefficient (Wildman–Crippen LogP) is 2.38. The van der Waals surface area contributed by atoms with Gasteiger partial charge in [0.1, 0.15) is 5.69 Å². The fourth-order valence-corrected chi connectivity index (χ4v) is 1.67. The molecular formula is C10H9ClN2OS. The van der Waals surface area contributed by atoms with Gasteiger partial charge in [0.05, 0.1) is 0 Å². The Labute approximate surface area is 97.4 Å². The third-order valence-electron chi connectivity index (χ3n) is 1.79. The molecule has 2 aromatic rings. The Balaban J connectivity index is 0.00000112. The second-order valence-corrected chi connectivity index (χ2v) is 3.66. The molecule has 0 saturated heterocycles. The van der Waals surface area contributed by atoms with E-state index in [9.17, 15) is 4.79 Å². The van der Waals surface area contributed by atoms with Crippen molar-refractivity contribution in [2.24, 2.45) is 0 Å². The van der Waals surface area contributed by atoms with Crippen molar-refractivity contribution in [2.75, 3.05) is 5.73 Å². The highest BCUT2D eigenvalue weighted by Gasteiger charge is 2.11. The number of carbonyl (C=O) groups excluding carboxylic acids is 1. The van der Waals surface area contributed by atoms with Gasteiger partial charge in [-0.1, -0.05) is 30.3 Å². The van der Waals surface area contributed by atoms with Crippen molar-refractivity contribution < 1.29 is 4.79 Å². The van der Waals surface area contributed by atoms with Gasteiger partial charge in [0.2, 0.25) is 5.78 Å². The van der Waals surface area contributed by atoms with Crippen LogP contribution in [-0.4, -0.2) is 10.8 Å². The Morgan fingerprint density at radius 3 is 2.47 bits per heavy atom. The van der Waals surface area contributed by atoms with Gasteiger partial charge in [0, 0.05) is 10.9 Å². The zero-order valence-corrected chi connectivity index (χ0v) is 9.35. The molecule has 0 aliphatic carbocycles. The molecule has 0 aliphatic heterocycles. The van der Waals surface area contributed by atoms with E-state index >= 15 is 0 Å².